The molecule has 1 aliphatic rings. The summed E-state index contributed by atoms with van der Waals surface area (Å²) in [6.45, 7) is 5.48. The Morgan fingerprint density at radius 1 is 1.40 bits per heavy atom. The number of aliphatic carboxylic acids is 1. The van der Waals surface area contributed by atoms with Crippen molar-refractivity contribution >= 4 is 16.1 Å². The average Bonchev–Trinajstić information content (AvgIpc) is 2.52. The van der Waals surface area contributed by atoms with Gasteiger partial charge in [-0.2, -0.15) is 8.42 Å². The summed E-state index contributed by atoms with van der Waals surface area (Å²) in [5.41, 5.74) is -0.108. The van der Waals surface area contributed by atoms with Crippen molar-refractivity contribution < 1.29 is 32.0 Å². The molecule has 1 aliphatic heterocycles. The van der Waals surface area contributed by atoms with Crippen molar-refractivity contribution in [3.63, 3.8) is 0 Å². The Kier molecular flexibility index (Phi) is 5.63. The highest BCUT2D eigenvalue weighted by Gasteiger charge is 2.41. The van der Waals surface area contributed by atoms with Gasteiger partial charge in [0.1, 0.15) is 12.7 Å². The molecule has 0 amide bonds. The van der Waals surface area contributed by atoms with E-state index in [1.807, 2.05) is 13.0 Å². The lowest BCUT2D eigenvalue weighted by atomic mass is 9.77. The van der Waals surface area contributed by atoms with Gasteiger partial charge in [-0.25, -0.2) is 0 Å². The molecule has 0 saturated carbocycles. The molecule has 0 aromatic heterocycles. The van der Waals surface area contributed by atoms with E-state index in [1.54, 1.807) is 26.0 Å². The molecule has 2 atom stereocenters. The molecule has 1 aromatic rings. The van der Waals surface area contributed by atoms with E-state index in [4.69, 9.17) is 13.7 Å². The Bertz CT molecular complexity index is 739. The molecule has 0 aliphatic carbocycles. The summed E-state index contributed by atoms with van der Waals surface area (Å²) < 4.78 is 38.4. The van der Waals surface area contributed by atoms with Crippen LogP contribution in [0.15, 0.2) is 18.2 Å². The largest absolute Gasteiger partial charge is 0.486 e. The maximum absolute atomic E-state index is 11.4. The Morgan fingerprint density at radius 2 is 2.08 bits per heavy atom. The number of ether oxygens (including phenoxy) is 2. The first-order valence-corrected chi connectivity index (χ1v) is 9.82. The molecular weight excluding hydrogens is 348 g/mol. The molecule has 0 fully saturated rings. The Balaban J connectivity index is 2.08. The first-order valence-electron chi connectivity index (χ1n) is 8.01. The molecule has 7 nitrogen and oxygen atoms in total. The molecule has 25 heavy (non-hydrogen) atoms. The topological polar surface area (TPSA) is 99.1 Å². The van der Waals surface area contributed by atoms with Crippen LogP contribution in [0, 0.1) is 11.3 Å². The summed E-state index contributed by atoms with van der Waals surface area (Å²) in [5, 5.41) is 9.39. The van der Waals surface area contributed by atoms with Crippen molar-refractivity contribution in [2.75, 3.05) is 19.5 Å². The molecule has 0 radical (unpaired) electrons. The molecule has 1 unspecified atom stereocenters. The third-order valence-electron chi connectivity index (χ3n) is 4.62. The van der Waals surface area contributed by atoms with E-state index in [0.717, 1.165) is 11.8 Å². The minimum absolute atomic E-state index is 0.0460. The first-order chi connectivity index (χ1) is 11.5. The van der Waals surface area contributed by atoms with Crippen LogP contribution in [0.1, 0.15) is 26.3 Å². The van der Waals surface area contributed by atoms with Crippen LogP contribution < -0.4 is 9.47 Å². The molecule has 2 rings (SSSR count). The monoisotopic (exact) mass is 372 g/mol. The predicted octanol–water partition coefficient (Wildman–Crippen LogP) is 2.09. The third kappa shape index (κ3) is 4.85. The number of hydrogen-bond donors (Lipinski definition) is 1. The van der Waals surface area contributed by atoms with Gasteiger partial charge in [0.2, 0.25) is 0 Å². The van der Waals surface area contributed by atoms with Gasteiger partial charge in [0.05, 0.1) is 18.3 Å². The van der Waals surface area contributed by atoms with Crippen molar-refractivity contribution in [1.29, 1.82) is 0 Å². The van der Waals surface area contributed by atoms with Gasteiger partial charge in [-0.3, -0.25) is 8.98 Å². The summed E-state index contributed by atoms with van der Waals surface area (Å²) in [6.07, 6.45) is 1.03. The molecule has 8 heteroatoms. The van der Waals surface area contributed by atoms with E-state index in [9.17, 15) is 18.3 Å². The molecule has 140 valence electrons. The smallest absolute Gasteiger partial charge is 0.309 e. The summed E-state index contributed by atoms with van der Waals surface area (Å²) >= 11 is 0. The first kappa shape index (κ1) is 19.5. The number of carboxylic acid groups (broad SMARTS) is 1. The van der Waals surface area contributed by atoms with Crippen molar-refractivity contribution in [2.24, 2.45) is 11.3 Å². The van der Waals surface area contributed by atoms with Gasteiger partial charge in [-0.05, 0) is 38.0 Å². The van der Waals surface area contributed by atoms with Crippen LogP contribution in [-0.2, 0) is 25.5 Å². The van der Waals surface area contributed by atoms with Crippen molar-refractivity contribution in [1.82, 2.24) is 0 Å². The van der Waals surface area contributed by atoms with Gasteiger partial charge in [-0.15, -0.1) is 0 Å². The van der Waals surface area contributed by atoms with E-state index in [1.165, 1.54) is 0 Å². The van der Waals surface area contributed by atoms with Crippen LogP contribution in [0.25, 0.3) is 0 Å². The number of fused-ring (bicyclic) bond motifs is 1. The predicted molar refractivity (Wildman–Crippen MR) is 91.4 cm³/mol. The lowest BCUT2D eigenvalue weighted by Gasteiger charge is -2.36. The van der Waals surface area contributed by atoms with Crippen LogP contribution in [0.3, 0.4) is 0 Å². The second-order valence-electron chi connectivity index (χ2n) is 6.84. The van der Waals surface area contributed by atoms with Gasteiger partial charge in [0.25, 0.3) is 10.1 Å². The van der Waals surface area contributed by atoms with Crippen LogP contribution in [0.2, 0.25) is 0 Å². The molecule has 1 heterocycles. The van der Waals surface area contributed by atoms with Crippen molar-refractivity contribution in [3.05, 3.63) is 23.8 Å². The highest BCUT2D eigenvalue weighted by molar-refractivity contribution is 7.85. The van der Waals surface area contributed by atoms with Crippen LogP contribution in [0.4, 0.5) is 0 Å². The van der Waals surface area contributed by atoms with Crippen molar-refractivity contribution in [2.45, 2.75) is 33.3 Å². The van der Waals surface area contributed by atoms with Crippen LogP contribution in [0.5, 0.6) is 11.5 Å². The summed E-state index contributed by atoms with van der Waals surface area (Å²) in [6, 6.07) is 5.35. The highest BCUT2D eigenvalue weighted by atomic mass is 32.2. The fraction of sp³-hybridized carbons (Fsp3) is 0.588. The van der Waals surface area contributed by atoms with Crippen LogP contribution >= 0.6 is 0 Å². The zero-order chi connectivity index (χ0) is 18.8. The molecule has 0 saturated heterocycles. The van der Waals surface area contributed by atoms with E-state index in [0.29, 0.717) is 17.9 Å². The Hall–Kier alpha value is -1.80. The highest BCUT2D eigenvalue weighted by Crippen LogP contribution is 2.38. The molecule has 0 bridgehead atoms. The number of carboxylic acids is 1. The second kappa shape index (κ2) is 7.21. The van der Waals surface area contributed by atoms with Crippen LogP contribution in [-0.4, -0.2) is 45.1 Å². The van der Waals surface area contributed by atoms with E-state index in [-0.39, 0.29) is 25.2 Å². The molecule has 1 N–H and O–H groups in total. The number of rotatable bonds is 7. The minimum atomic E-state index is -3.47. The summed E-state index contributed by atoms with van der Waals surface area (Å²) in [7, 11) is -3.47. The van der Waals surface area contributed by atoms with Crippen molar-refractivity contribution in [3.8, 4) is 11.5 Å². The van der Waals surface area contributed by atoms with Gasteiger partial charge in [0.15, 0.2) is 11.5 Å². The van der Waals surface area contributed by atoms with E-state index >= 15 is 0 Å². The summed E-state index contributed by atoms with van der Waals surface area (Å²) in [5.74, 6) is -0.0399. The normalized spacial score (nSPS) is 18.6. The fourth-order valence-corrected chi connectivity index (χ4v) is 2.89. The Labute approximate surface area is 148 Å². The number of benzene rings is 1. The van der Waals surface area contributed by atoms with Gasteiger partial charge in [-0.1, -0.05) is 13.0 Å². The maximum atomic E-state index is 11.4. The number of hydrogen-bond acceptors (Lipinski definition) is 6. The average molecular weight is 372 g/mol. The lowest BCUT2D eigenvalue weighted by molar-refractivity contribution is -0.152. The molecule has 0 spiro atoms. The van der Waals surface area contributed by atoms with Gasteiger partial charge >= 0.3 is 5.97 Å². The van der Waals surface area contributed by atoms with Gasteiger partial charge in [0, 0.05) is 5.92 Å². The maximum Gasteiger partial charge on any atom is 0.309 e. The SMILES string of the molecule is CC([C@H]1COc2ccc(CCOS(C)(=O)=O)cc2O1)C(C)(C)C(=O)O. The minimum Gasteiger partial charge on any atom is -0.486 e. The third-order valence-corrected chi connectivity index (χ3v) is 5.22. The summed E-state index contributed by atoms with van der Waals surface area (Å²) in [4.78, 5) is 11.4. The molecule has 1 aromatic carbocycles. The Morgan fingerprint density at radius 3 is 2.68 bits per heavy atom. The van der Waals surface area contributed by atoms with Gasteiger partial charge < -0.3 is 14.6 Å². The molecular formula is C17H24O7S. The number of carbonyl (C=O) groups is 1. The standard InChI is InChI=1S/C17H24O7S/c1-11(17(2,3)16(18)19)15-10-22-13-6-5-12(9-14(13)24-15)7-8-23-25(4,20)21/h5-6,9,11,15H,7-8,10H2,1-4H3,(H,18,19)/t11?,15-/m1/s1. The van der Waals surface area contributed by atoms with E-state index < -0.39 is 21.5 Å². The second-order valence-corrected chi connectivity index (χ2v) is 8.48. The van der Waals surface area contributed by atoms with E-state index in [2.05, 4.69) is 0 Å². The quantitative estimate of drug-likeness (QED) is 0.732. The zero-order valence-electron chi connectivity index (χ0n) is 14.8. The lowest BCUT2D eigenvalue weighted by Crippen LogP contribution is -2.45. The fourth-order valence-electron chi connectivity index (χ4n) is 2.51. The zero-order valence-corrected chi connectivity index (χ0v) is 15.6.